The average molecular weight is 294 g/mol. The van der Waals surface area contributed by atoms with Crippen molar-refractivity contribution in [3.63, 3.8) is 0 Å². The van der Waals surface area contributed by atoms with Gasteiger partial charge in [0, 0.05) is 16.8 Å². The highest BCUT2D eigenvalue weighted by atomic mass is 32.1. The summed E-state index contributed by atoms with van der Waals surface area (Å²) in [5.41, 5.74) is 1.48. The quantitative estimate of drug-likeness (QED) is 0.860. The fourth-order valence-electron chi connectivity index (χ4n) is 1.66. The summed E-state index contributed by atoms with van der Waals surface area (Å²) in [5, 5.41) is 5.53. The maximum atomic E-state index is 12.9. The highest BCUT2D eigenvalue weighted by Gasteiger charge is 2.24. The van der Waals surface area contributed by atoms with Crippen LogP contribution in [0.15, 0.2) is 29.6 Å². The maximum absolute atomic E-state index is 12.9. The van der Waals surface area contributed by atoms with Crippen molar-refractivity contribution in [2.75, 3.05) is 11.9 Å². The van der Waals surface area contributed by atoms with E-state index in [1.807, 2.05) is 12.3 Å². The van der Waals surface area contributed by atoms with E-state index in [9.17, 15) is 9.18 Å². The fourth-order valence-corrected chi connectivity index (χ4v) is 2.50. The van der Waals surface area contributed by atoms with Gasteiger partial charge in [0.05, 0.1) is 6.61 Å². The molecule has 0 amide bonds. The lowest BCUT2D eigenvalue weighted by atomic mass is 10.2. The van der Waals surface area contributed by atoms with E-state index in [2.05, 4.69) is 10.3 Å². The van der Waals surface area contributed by atoms with Crippen molar-refractivity contribution in [2.24, 2.45) is 0 Å². The van der Waals surface area contributed by atoms with Crippen LogP contribution in [0.2, 0.25) is 0 Å². The van der Waals surface area contributed by atoms with E-state index in [0.717, 1.165) is 5.69 Å². The first-order chi connectivity index (χ1) is 9.60. The van der Waals surface area contributed by atoms with Crippen LogP contribution in [0.1, 0.15) is 23.7 Å². The molecule has 2 rings (SSSR count). The number of hydrogen-bond acceptors (Lipinski definition) is 5. The van der Waals surface area contributed by atoms with Crippen molar-refractivity contribution in [3.8, 4) is 0 Å². The summed E-state index contributed by atoms with van der Waals surface area (Å²) >= 11 is 1.39. The number of halogens is 1. The van der Waals surface area contributed by atoms with E-state index >= 15 is 0 Å². The molecule has 1 N–H and O–H groups in total. The van der Waals surface area contributed by atoms with Crippen LogP contribution in [-0.2, 0) is 9.53 Å². The summed E-state index contributed by atoms with van der Waals surface area (Å²) in [4.78, 5) is 16.3. The van der Waals surface area contributed by atoms with Gasteiger partial charge in [-0.2, -0.15) is 0 Å². The Kier molecular flexibility index (Phi) is 4.68. The molecule has 0 aliphatic heterocycles. The lowest BCUT2D eigenvalue weighted by molar-refractivity contribution is -0.144. The third-order valence-electron chi connectivity index (χ3n) is 2.56. The largest absolute Gasteiger partial charge is 0.464 e. The van der Waals surface area contributed by atoms with Crippen LogP contribution in [0, 0.1) is 12.7 Å². The van der Waals surface area contributed by atoms with Gasteiger partial charge in [-0.3, -0.25) is 0 Å². The molecule has 0 aliphatic carbocycles. The minimum Gasteiger partial charge on any atom is -0.464 e. The van der Waals surface area contributed by atoms with Crippen LogP contribution >= 0.6 is 11.3 Å². The molecule has 0 bridgehead atoms. The number of hydrogen-bond donors (Lipinski definition) is 1. The number of thiazole rings is 1. The van der Waals surface area contributed by atoms with Crippen molar-refractivity contribution in [3.05, 3.63) is 46.2 Å². The van der Waals surface area contributed by atoms with E-state index in [1.165, 1.54) is 23.5 Å². The Bertz CT molecular complexity index is 583. The molecule has 1 aromatic carbocycles. The van der Waals surface area contributed by atoms with Gasteiger partial charge < -0.3 is 10.1 Å². The van der Waals surface area contributed by atoms with Gasteiger partial charge in [0.1, 0.15) is 10.8 Å². The Labute approximate surface area is 120 Å². The summed E-state index contributed by atoms with van der Waals surface area (Å²) in [6.45, 7) is 3.91. The number of benzene rings is 1. The highest BCUT2D eigenvalue weighted by Crippen LogP contribution is 2.24. The molecule has 2 aromatic rings. The van der Waals surface area contributed by atoms with E-state index < -0.39 is 12.0 Å². The van der Waals surface area contributed by atoms with Crippen LogP contribution in [0.5, 0.6) is 0 Å². The first-order valence-electron chi connectivity index (χ1n) is 6.21. The molecule has 0 aliphatic rings. The van der Waals surface area contributed by atoms with E-state index in [-0.39, 0.29) is 5.82 Å². The van der Waals surface area contributed by atoms with Crippen molar-refractivity contribution in [1.29, 1.82) is 0 Å². The van der Waals surface area contributed by atoms with Crippen molar-refractivity contribution in [2.45, 2.75) is 19.9 Å². The molecular formula is C14H15FN2O2S. The van der Waals surface area contributed by atoms with Crippen molar-refractivity contribution >= 4 is 23.0 Å². The number of rotatable bonds is 5. The van der Waals surface area contributed by atoms with E-state index in [1.54, 1.807) is 19.1 Å². The summed E-state index contributed by atoms with van der Waals surface area (Å²) < 4.78 is 18.0. The molecule has 0 radical (unpaired) electrons. The molecule has 1 heterocycles. The highest BCUT2D eigenvalue weighted by molar-refractivity contribution is 7.09. The summed E-state index contributed by atoms with van der Waals surface area (Å²) in [5.74, 6) is -0.723. The number of carbonyl (C=O) groups excluding carboxylic acids is 1. The molecule has 1 unspecified atom stereocenters. The van der Waals surface area contributed by atoms with Crippen LogP contribution in [0.25, 0.3) is 0 Å². The van der Waals surface area contributed by atoms with Crippen molar-refractivity contribution in [1.82, 2.24) is 4.98 Å². The number of anilines is 1. The van der Waals surface area contributed by atoms with Gasteiger partial charge in [-0.15, -0.1) is 11.3 Å². The zero-order chi connectivity index (χ0) is 14.5. The predicted octanol–water partition coefficient (Wildman–Crippen LogP) is 3.31. The average Bonchev–Trinajstić information content (AvgIpc) is 2.84. The van der Waals surface area contributed by atoms with E-state index in [0.29, 0.717) is 17.3 Å². The molecule has 0 fully saturated rings. The standard InChI is InChI=1S/C14H15FN2O2S/c1-3-19-14(18)12(13-16-9(2)8-20-13)17-11-6-4-10(15)5-7-11/h4-8,12,17H,3H2,1-2H3. The van der Waals surface area contributed by atoms with Gasteiger partial charge >= 0.3 is 5.97 Å². The molecule has 20 heavy (non-hydrogen) atoms. The number of aromatic nitrogens is 1. The van der Waals surface area contributed by atoms with Gasteiger partial charge in [-0.05, 0) is 38.1 Å². The Morgan fingerprint density at radius 1 is 1.45 bits per heavy atom. The second kappa shape index (κ2) is 6.47. The molecule has 4 nitrogen and oxygen atoms in total. The van der Waals surface area contributed by atoms with Crippen LogP contribution in [0.4, 0.5) is 10.1 Å². The smallest absolute Gasteiger partial charge is 0.335 e. The third-order valence-corrected chi connectivity index (χ3v) is 3.59. The zero-order valence-corrected chi connectivity index (χ0v) is 12.0. The Balaban J connectivity index is 2.22. The second-order valence-corrected chi connectivity index (χ2v) is 5.05. The SMILES string of the molecule is CCOC(=O)C(Nc1ccc(F)cc1)c1nc(C)cs1. The zero-order valence-electron chi connectivity index (χ0n) is 11.2. The minimum absolute atomic E-state index is 0.296. The lowest BCUT2D eigenvalue weighted by Crippen LogP contribution is -2.23. The van der Waals surface area contributed by atoms with Gasteiger partial charge in [0.25, 0.3) is 0 Å². The molecule has 6 heteroatoms. The van der Waals surface area contributed by atoms with Crippen LogP contribution in [0.3, 0.4) is 0 Å². The lowest BCUT2D eigenvalue weighted by Gasteiger charge is -2.16. The normalized spacial score (nSPS) is 11.9. The minimum atomic E-state index is -0.681. The van der Waals surface area contributed by atoms with Crippen LogP contribution in [-0.4, -0.2) is 17.6 Å². The second-order valence-electron chi connectivity index (χ2n) is 4.16. The molecule has 1 atom stereocenters. The molecule has 106 valence electrons. The molecule has 0 saturated heterocycles. The third kappa shape index (κ3) is 3.54. The number of carbonyl (C=O) groups is 1. The summed E-state index contributed by atoms with van der Waals surface area (Å²) in [7, 11) is 0. The first-order valence-corrected chi connectivity index (χ1v) is 7.09. The van der Waals surface area contributed by atoms with Crippen LogP contribution < -0.4 is 5.32 Å². The number of ether oxygens (including phenoxy) is 1. The number of nitrogens with zero attached hydrogens (tertiary/aromatic N) is 1. The first kappa shape index (κ1) is 14.5. The van der Waals surface area contributed by atoms with Crippen molar-refractivity contribution < 1.29 is 13.9 Å². The molecular weight excluding hydrogens is 279 g/mol. The summed E-state index contributed by atoms with van der Waals surface area (Å²) in [6, 6.07) is 5.12. The number of nitrogens with one attached hydrogen (secondary N) is 1. The predicted molar refractivity (Wildman–Crippen MR) is 76.2 cm³/mol. The van der Waals surface area contributed by atoms with E-state index in [4.69, 9.17) is 4.74 Å². The molecule has 0 spiro atoms. The summed E-state index contributed by atoms with van der Waals surface area (Å²) in [6.07, 6.45) is 0. The maximum Gasteiger partial charge on any atom is 0.335 e. The van der Waals surface area contributed by atoms with Gasteiger partial charge in [-0.25, -0.2) is 14.2 Å². The monoisotopic (exact) mass is 294 g/mol. The van der Waals surface area contributed by atoms with Gasteiger partial charge in [-0.1, -0.05) is 0 Å². The Hall–Kier alpha value is -1.95. The molecule has 0 saturated carbocycles. The Morgan fingerprint density at radius 3 is 2.70 bits per heavy atom. The number of esters is 1. The fraction of sp³-hybridized carbons (Fsp3) is 0.286. The van der Waals surface area contributed by atoms with Gasteiger partial charge in [0.15, 0.2) is 6.04 Å². The topological polar surface area (TPSA) is 51.2 Å². The van der Waals surface area contributed by atoms with Gasteiger partial charge in [0.2, 0.25) is 0 Å². The molecule has 1 aromatic heterocycles. The Morgan fingerprint density at radius 2 is 2.15 bits per heavy atom. The number of aryl methyl sites for hydroxylation is 1.